The summed E-state index contributed by atoms with van der Waals surface area (Å²) >= 11 is 0. The largest absolute Gasteiger partial charge is 0.325 e. The van der Waals surface area contributed by atoms with Crippen LogP contribution >= 0.6 is 7.37 Å². The Morgan fingerprint density at radius 2 is 2.00 bits per heavy atom. The average Bonchev–Trinajstić information content (AvgIpc) is 2.24. The zero-order valence-electron chi connectivity index (χ0n) is 11.4. The Morgan fingerprint density at radius 3 is 2.53 bits per heavy atom. The monoisotopic (exact) mass is 307 g/mol. The van der Waals surface area contributed by atoms with Crippen LogP contribution in [0.1, 0.15) is 18.2 Å². The number of aromatic nitrogens is 1. The second kappa shape index (κ2) is 6.13. The van der Waals surface area contributed by atoms with Crippen LogP contribution in [0.2, 0.25) is 0 Å². The van der Waals surface area contributed by atoms with E-state index in [1.54, 1.807) is 26.0 Å². The van der Waals surface area contributed by atoms with Crippen molar-refractivity contribution in [3.63, 3.8) is 0 Å². The molecule has 8 heteroatoms. The van der Waals surface area contributed by atoms with Crippen LogP contribution in [0.3, 0.4) is 0 Å². The van der Waals surface area contributed by atoms with E-state index in [0.717, 1.165) is 11.8 Å². The number of pyridine rings is 1. The fourth-order valence-electron chi connectivity index (χ4n) is 1.48. The van der Waals surface area contributed by atoms with Gasteiger partial charge in [-0.05, 0) is 31.5 Å². The molecule has 0 aliphatic heterocycles. The Morgan fingerprint density at radius 1 is 1.37 bits per heavy atom. The normalized spacial score (nSPS) is 15.2. The first kappa shape index (κ1) is 16.3. The van der Waals surface area contributed by atoms with E-state index in [1.807, 2.05) is 0 Å². The van der Waals surface area contributed by atoms with Crippen molar-refractivity contribution in [3.8, 4) is 0 Å². The molecule has 6 nitrogen and oxygen atoms in total. The Labute approximate surface area is 113 Å². The Balaban J connectivity index is 3.04. The van der Waals surface area contributed by atoms with E-state index in [9.17, 15) is 13.0 Å². The van der Waals surface area contributed by atoms with Gasteiger partial charge in [-0.25, -0.2) is 4.98 Å². The lowest BCUT2D eigenvalue weighted by atomic mass is 10.2. The molecule has 19 heavy (non-hydrogen) atoms. The van der Waals surface area contributed by atoms with E-state index in [0.29, 0.717) is 17.7 Å². The van der Waals surface area contributed by atoms with Crippen molar-refractivity contribution in [2.45, 2.75) is 20.5 Å². The summed E-state index contributed by atoms with van der Waals surface area (Å²) in [5.41, 5.74) is 1.54. The molecule has 0 radical (unpaired) electrons. The van der Waals surface area contributed by atoms with Gasteiger partial charge in [-0.15, -0.1) is 0 Å². The first-order chi connectivity index (χ1) is 8.64. The highest BCUT2D eigenvalue weighted by molar-refractivity contribution is 7.85. The second-order valence-corrected chi connectivity index (χ2v) is 8.28. The summed E-state index contributed by atoms with van der Waals surface area (Å²) in [5.74, 6) is 0. The fourth-order valence-corrected chi connectivity index (χ4v) is 3.19. The zero-order chi connectivity index (χ0) is 14.7. The summed E-state index contributed by atoms with van der Waals surface area (Å²) in [4.78, 5) is 4.15. The van der Waals surface area contributed by atoms with Crippen molar-refractivity contribution in [2.24, 2.45) is 0 Å². The quantitative estimate of drug-likeness (QED) is 0.584. The van der Waals surface area contributed by atoms with Crippen molar-refractivity contribution in [1.29, 1.82) is 0 Å². The topological polar surface area (TPSA) is 82.6 Å². The molecule has 108 valence electrons. The van der Waals surface area contributed by atoms with Crippen LogP contribution in [-0.2, 0) is 30.0 Å². The number of hydrogen-bond donors (Lipinski definition) is 0. The third-order valence-corrected chi connectivity index (χ3v) is 4.58. The Bertz CT molecular complexity index is 599. The van der Waals surface area contributed by atoms with Gasteiger partial charge in [0, 0.05) is 6.66 Å². The number of aryl methyl sites for hydroxylation is 1. The molecule has 1 rings (SSSR count). The van der Waals surface area contributed by atoms with Gasteiger partial charge >= 0.3 is 0 Å². The SMILES string of the molecule is CCOP(C)(=O)c1cc(C)cc(COS(C)(=O)=O)n1. The predicted molar refractivity (Wildman–Crippen MR) is 73.4 cm³/mol. The lowest BCUT2D eigenvalue weighted by Gasteiger charge is -2.13. The van der Waals surface area contributed by atoms with Gasteiger partial charge in [0.05, 0.1) is 18.6 Å². The van der Waals surface area contributed by atoms with Crippen molar-refractivity contribution in [3.05, 3.63) is 23.4 Å². The molecule has 0 saturated carbocycles. The smallest absolute Gasteiger partial charge is 0.264 e. The van der Waals surface area contributed by atoms with Crippen molar-refractivity contribution >= 4 is 22.9 Å². The van der Waals surface area contributed by atoms with Crippen molar-refractivity contribution in [2.75, 3.05) is 19.5 Å². The zero-order valence-corrected chi connectivity index (χ0v) is 13.1. The minimum atomic E-state index is -3.53. The summed E-state index contributed by atoms with van der Waals surface area (Å²) in [7, 11) is -6.51. The number of nitrogens with zero attached hydrogens (tertiary/aromatic N) is 1. The van der Waals surface area contributed by atoms with Crippen LogP contribution in [0.25, 0.3) is 0 Å². The number of hydrogen-bond acceptors (Lipinski definition) is 6. The molecule has 0 bridgehead atoms. The van der Waals surface area contributed by atoms with E-state index < -0.39 is 17.5 Å². The van der Waals surface area contributed by atoms with Crippen LogP contribution in [0.15, 0.2) is 12.1 Å². The molecule has 0 fully saturated rings. The molecule has 1 aromatic heterocycles. The highest BCUT2D eigenvalue weighted by Crippen LogP contribution is 2.40. The van der Waals surface area contributed by atoms with Gasteiger partial charge in [-0.3, -0.25) is 8.75 Å². The average molecular weight is 307 g/mol. The minimum Gasteiger partial charge on any atom is -0.325 e. The lowest BCUT2D eigenvalue weighted by Crippen LogP contribution is -2.15. The summed E-state index contributed by atoms with van der Waals surface area (Å²) in [6, 6.07) is 3.35. The van der Waals surface area contributed by atoms with Crippen LogP contribution < -0.4 is 5.44 Å². The van der Waals surface area contributed by atoms with Gasteiger partial charge in [0.1, 0.15) is 12.0 Å². The Hall–Kier alpha value is -0.750. The molecule has 0 aromatic carbocycles. The van der Waals surface area contributed by atoms with E-state index in [4.69, 9.17) is 4.52 Å². The van der Waals surface area contributed by atoms with Crippen LogP contribution in [0.4, 0.5) is 0 Å². The fraction of sp³-hybridized carbons (Fsp3) is 0.545. The lowest BCUT2D eigenvalue weighted by molar-refractivity contribution is 0.307. The minimum absolute atomic E-state index is 0.181. The van der Waals surface area contributed by atoms with E-state index in [-0.39, 0.29) is 6.61 Å². The molecule has 0 saturated heterocycles. The summed E-state index contributed by atoms with van der Waals surface area (Å²) in [6.07, 6.45) is 0.967. The molecule has 0 aliphatic carbocycles. The molecular formula is C11H18NO5PS. The summed E-state index contributed by atoms with van der Waals surface area (Å²) in [6.45, 7) is 5.18. The van der Waals surface area contributed by atoms with Gasteiger partial charge in [0.15, 0.2) is 0 Å². The highest BCUT2D eigenvalue weighted by atomic mass is 32.2. The molecule has 0 N–H and O–H groups in total. The molecule has 1 aromatic rings. The van der Waals surface area contributed by atoms with Crippen LogP contribution in [-0.4, -0.2) is 32.9 Å². The predicted octanol–water partition coefficient (Wildman–Crippen LogP) is 1.44. The van der Waals surface area contributed by atoms with Crippen molar-refractivity contribution in [1.82, 2.24) is 4.98 Å². The van der Waals surface area contributed by atoms with Crippen LogP contribution in [0.5, 0.6) is 0 Å². The van der Waals surface area contributed by atoms with E-state index in [1.165, 1.54) is 6.66 Å². The molecule has 1 atom stereocenters. The standard InChI is InChI=1S/C11H18NO5PS/c1-5-16-18(3,13)11-7-9(2)6-10(12-11)8-17-19(4,14)15/h6-7H,5,8H2,1-4H3. The van der Waals surface area contributed by atoms with Crippen LogP contribution in [0, 0.1) is 6.92 Å². The molecule has 1 unspecified atom stereocenters. The third-order valence-electron chi connectivity index (χ3n) is 2.22. The van der Waals surface area contributed by atoms with E-state index in [2.05, 4.69) is 9.17 Å². The highest BCUT2D eigenvalue weighted by Gasteiger charge is 2.21. The first-order valence-corrected chi connectivity index (χ1v) is 9.57. The molecule has 1 heterocycles. The third kappa shape index (κ3) is 5.40. The van der Waals surface area contributed by atoms with E-state index >= 15 is 0 Å². The maximum absolute atomic E-state index is 12.3. The van der Waals surface area contributed by atoms with Gasteiger partial charge in [0.25, 0.3) is 10.1 Å². The van der Waals surface area contributed by atoms with Gasteiger partial charge < -0.3 is 4.52 Å². The van der Waals surface area contributed by atoms with Gasteiger partial charge in [-0.2, -0.15) is 8.42 Å². The maximum Gasteiger partial charge on any atom is 0.264 e. The van der Waals surface area contributed by atoms with Gasteiger partial charge in [0.2, 0.25) is 7.37 Å². The summed E-state index contributed by atoms with van der Waals surface area (Å²) in [5, 5.41) is 0. The molecule has 0 spiro atoms. The summed E-state index contributed by atoms with van der Waals surface area (Å²) < 4.78 is 44.0. The van der Waals surface area contributed by atoms with Crippen molar-refractivity contribution < 1.29 is 21.7 Å². The molecule has 0 aliphatic rings. The Kier molecular flexibility index (Phi) is 5.26. The second-order valence-electron chi connectivity index (χ2n) is 4.22. The molecular weight excluding hydrogens is 289 g/mol. The first-order valence-electron chi connectivity index (χ1n) is 5.68. The van der Waals surface area contributed by atoms with Gasteiger partial charge in [-0.1, -0.05) is 0 Å². The number of rotatable bonds is 6. The molecule has 0 amide bonds. The maximum atomic E-state index is 12.3.